The minimum Gasteiger partial charge on any atom is -0.383 e. The second-order valence-corrected chi connectivity index (χ2v) is 6.27. The number of anilines is 1. The quantitative estimate of drug-likeness (QED) is 0.305. The second-order valence-electron chi connectivity index (χ2n) is 6.27. The van der Waals surface area contributed by atoms with Gasteiger partial charge in [-0.05, 0) is 49.2 Å². The number of aromatic amines is 1. The molecule has 31 heavy (non-hydrogen) atoms. The standard InChI is InChI=1S/C21H17F3N6O/c1-3-18(31)28-13-5-4-6-14(9-13)29-19(25)15-10-16(30-20(15)26-2)12-7-8-17(27-11-12)21(22,23)24/h3-11,30H,1-2H2,(H2,25,29)(H,28,31). The van der Waals surface area contributed by atoms with Crippen LogP contribution in [-0.4, -0.2) is 28.4 Å². The van der Waals surface area contributed by atoms with Gasteiger partial charge in [-0.1, -0.05) is 12.6 Å². The maximum atomic E-state index is 12.7. The van der Waals surface area contributed by atoms with Gasteiger partial charge >= 0.3 is 6.18 Å². The first-order valence-electron chi connectivity index (χ1n) is 8.82. The Morgan fingerprint density at radius 2 is 2.00 bits per heavy atom. The molecule has 0 spiro atoms. The zero-order valence-electron chi connectivity index (χ0n) is 16.1. The van der Waals surface area contributed by atoms with E-state index < -0.39 is 11.9 Å². The molecular weight excluding hydrogens is 409 g/mol. The van der Waals surface area contributed by atoms with E-state index in [1.165, 1.54) is 6.07 Å². The summed E-state index contributed by atoms with van der Waals surface area (Å²) < 4.78 is 38.2. The first kappa shape index (κ1) is 21.5. The predicted octanol–water partition coefficient (Wildman–Crippen LogP) is 4.59. The molecule has 2 aromatic heterocycles. The number of nitrogens with zero attached hydrogens (tertiary/aromatic N) is 3. The molecule has 0 radical (unpaired) electrons. The highest BCUT2D eigenvalue weighted by Crippen LogP contribution is 2.31. The molecule has 0 aliphatic carbocycles. The second kappa shape index (κ2) is 8.66. The molecule has 0 fully saturated rings. The van der Waals surface area contributed by atoms with Crippen LogP contribution < -0.4 is 11.1 Å². The fourth-order valence-corrected chi connectivity index (χ4v) is 2.69. The minimum absolute atomic E-state index is 0.0944. The summed E-state index contributed by atoms with van der Waals surface area (Å²) in [6.45, 7) is 6.87. The Morgan fingerprint density at radius 1 is 1.23 bits per heavy atom. The molecule has 1 aromatic carbocycles. The zero-order valence-corrected chi connectivity index (χ0v) is 16.1. The van der Waals surface area contributed by atoms with Crippen molar-refractivity contribution in [3.63, 3.8) is 0 Å². The van der Waals surface area contributed by atoms with E-state index in [9.17, 15) is 18.0 Å². The lowest BCUT2D eigenvalue weighted by molar-refractivity contribution is -0.141. The van der Waals surface area contributed by atoms with Crippen molar-refractivity contribution in [3.8, 4) is 11.3 Å². The lowest BCUT2D eigenvalue weighted by Gasteiger charge is -2.05. The average Bonchev–Trinajstić information content (AvgIpc) is 3.18. The van der Waals surface area contributed by atoms with E-state index in [1.807, 2.05) is 0 Å². The highest BCUT2D eigenvalue weighted by molar-refractivity contribution is 6.04. The number of nitrogens with two attached hydrogens (primary N) is 1. The first-order valence-corrected chi connectivity index (χ1v) is 8.82. The van der Waals surface area contributed by atoms with E-state index in [2.05, 4.69) is 38.6 Å². The van der Waals surface area contributed by atoms with Gasteiger partial charge in [0.1, 0.15) is 17.3 Å². The van der Waals surface area contributed by atoms with Crippen LogP contribution in [0.25, 0.3) is 11.3 Å². The van der Waals surface area contributed by atoms with Crippen molar-refractivity contribution in [2.24, 2.45) is 15.7 Å². The molecule has 158 valence electrons. The van der Waals surface area contributed by atoms with Gasteiger partial charge in [-0.25, -0.2) is 9.98 Å². The van der Waals surface area contributed by atoms with Gasteiger partial charge in [0.15, 0.2) is 0 Å². The number of hydrogen-bond donors (Lipinski definition) is 3. The summed E-state index contributed by atoms with van der Waals surface area (Å²) in [6, 6.07) is 10.4. The summed E-state index contributed by atoms with van der Waals surface area (Å²) >= 11 is 0. The average molecular weight is 426 g/mol. The van der Waals surface area contributed by atoms with Crippen LogP contribution in [0.5, 0.6) is 0 Å². The van der Waals surface area contributed by atoms with E-state index in [1.54, 1.807) is 30.3 Å². The maximum absolute atomic E-state index is 12.7. The lowest BCUT2D eigenvalue weighted by Crippen LogP contribution is -2.12. The van der Waals surface area contributed by atoms with E-state index in [-0.39, 0.29) is 11.7 Å². The number of alkyl halides is 3. The Bertz CT molecular complexity index is 1160. The Hall–Kier alpha value is -4.21. The Labute approximate surface area is 175 Å². The summed E-state index contributed by atoms with van der Waals surface area (Å²) in [7, 11) is 0. The number of rotatable bonds is 6. The van der Waals surface area contributed by atoms with Crippen LogP contribution in [0.4, 0.5) is 30.4 Å². The predicted molar refractivity (Wildman–Crippen MR) is 114 cm³/mol. The highest BCUT2D eigenvalue weighted by Gasteiger charge is 2.32. The Kier molecular flexibility index (Phi) is 6.00. The molecule has 0 saturated carbocycles. The highest BCUT2D eigenvalue weighted by atomic mass is 19.4. The molecule has 0 unspecified atom stereocenters. The van der Waals surface area contributed by atoms with Crippen LogP contribution in [-0.2, 0) is 11.0 Å². The number of benzene rings is 1. The number of aliphatic imine (C=N–C) groups is 2. The molecule has 0 aliphatic heterocycles. The van der Waals surface area contributed by atoms with Gasteiger partial charge < -0.3 is 16.0 Å². The number of amides is 1. The topological polar surface area (TPSA) is 109 Å². The summed E-state index contributed by atoms with van der Waals surface area (Å²) in [6.07, 6.45) is -2.28. The number of H-pyrrole nitrogens is 1. The number of hydrogen-bond acceptors (Lipinski definition) is 4. The van der Waals surface area contributed by atoms with E-state index in [0.717, 1.165) is 18.3 Å². The Morgan fingerprint density at radius 3 is 2.61 bits per heavy atom. The molecule has 3 rings (SSSR count). The fraction of sp³-hybridized carbons (Fsp3) is 0.0476. The van der Waals surface area contributed by atoms with Crippen molar-refractivity contribution in [1.29, 1.82) is 0 Å². The van der Waals surface area contributed by atoms with Crippen LogP contribution in [0, 0.1) is 0 Å². The van der Waals surface area contributed by atoms with Crippen molar-refractivity contribution >= 4 is 35.7 Å². The lowest BCUT2D eigenvalue weighted by atomic mass is 10.1. The Balaban J connectivity index is 1.92. The molecule has 1 amide bonds. The van der Waals surface area contributed by atoms with Crippen molar-refractivity contribution < 1.29 is 18.0 Å². The molecule has 4 N–H and O–H groups in total. The summed E-state index contributed by atoms with van der Waals surface area (Å²) in [5.41, 5.74) is 7.37. The van der Waals surface area contributed by atoms with Crippen molar-refractivity contribution in [2.75, 3.05) is 5.32 Å². The van der Waals surface area contributed by atoms with E-state index >= 15 is 0 Å². The normalized spacial score (nSPS) is 11.8. The third-order valence-electron chi connectivity index (χ3n) is 4.14. The maximum Gasteiger partial charge on any atom is 0.433 e. The minimum atomic E-state index is -4.52. The van der Waals surface area contributed by atoms with Gasteiger partial charge in [0.05, 0.1) is 11.3 Å². The van der Waals surface area contributed by atoms with Crippen molar-refractivity contribution in [2.45, 2.75) is 6.18 Å². The molecule has 0 saturated heterocycles. The number of pyridine rings is 1. The van der Waals surface area contributed by atoms with Crippen LogP contribution in [0.1, 0.15) is 11.3 Å². The van der Waals surface area contributed by atoms with Gasteiger partial charge in [0.25, 0.3) is 0 Å². The molecule has 7 nitrogen and oxygen atoms in total. The number of carbonyl (C=O) groups excluding carboxylic acids is 1. The molecule has 0 bridgehead atoms. The van der Waals surface area contributed by atoms with Crippen LogP contribution in [0.3, 0.4) is 0 Å². The van der Waals surface area contributed by atoms with Gasteiger partial charge in [-0.2, -0.15) is 13.2 Å². The van der Waals surface area contributed by atoms with Gasteiger partial charge in [-0.15, -0.1) is 0 Å². The summed E-state index contributed by atoms with van der Waals surface area (Å²) in [4.78, 5) is 26.0. The number of aromatic nitrogens is 2. The molecule has 10 heteroatoms. The molecule has 0 atom stereocenters. The summed E-state index contributed by atoms with van der Waals surface area (Å²) in [5, 5.41) is 2.62. The third-order valence-corrected chi connectivity index (χ3v) is 4.14. The number of amidine groups is 1. The number of halogens is 3. The van der Waals surface area contributed by atoms with Crippen molar-refractivity contribution in [1.82, 2.24) is 9.97 Å². The monoisotopic (exact) mass is 426 g/mol. The first-order chi connectivity index (χ1) is 14.7. The van der Waals surface area contributed by atoms with Crippen molar-refractivity contribution in [3.05, 3.63) is 72.6 Å². The van der Waals surface area contributed by atoms with E-state index in [0.29, 0.717) is 34.0 Å². The zero-order chi connectivity index (χ0) is 22.6. The fourth-order valence-electron chi connectivity index (χ4n) is 2.69. The van der Waals surface area contributed by atoms with Gasteiger partial charge in [0.2, 0.25) is 5.91 Å². The summed E-state index contributed by atoms with van der Waals surface area (Å²) in [5.74, 6) is 0.0249. The third kappa shape index (κ3) is 5.04. The van der Waals surface area contributed by atoms with E-state index in [4.69, 9.17) is 5.73 Å². The molecular formula is C21H17F3N6O. The van der Waals surface area contributed by atoms with Gasteiger partial charge in [-0.3, -0.25) is 9.78 Å². The van der Waals surface area contributed by atoms with Crippen LogP contribution in [0.15, 0.2) is 71.3 Å². The molecule has 0 aliphatic rings. The van der Waals surface area contributed by atoms with Crippen LogP contribution >= 0.6 is 0 Å². The SMILES string of the molecule is C=CC(=O)Nc1cccc(N=C(N)c2cc(-c3ccc(C(F)(F)F)nc3)[nH]c2N=C)c1. The smallest absolute Gasteiger partial charge is 0.383 e. The molecule has 3 aromatic rings. The van der Waals surface area contributed by atoms with Crippen LogP contribution in [0.2, 0.25) is 0 Å². The number of nitrogens with one attached hydrogen (secondary N) is 2. The molecule has 2 heterocycles. The van der Waals surface area contributed by atoms with Gasteiger partial charge in [0, 0.05) is 23.1 Å². The largest absolute Gasteiger partial charge is 0.433 e. The number of carbonyl (C=O) groups is 1.